The quantitative estimate of drug-likeness (QED) is 0.487. The molecule has 4 heteroatoms. The van der Waals surface area contributed by atoms with Gasteiger partial charge in [0.2, 0.25) is 11.7 Å². The van der Waals surface area contributed by atoms with Gasteiger partial charge < -0.3 is 9.88 Å². The van der Waals surface area contributed by atoms with E-state index in [9.17, 15) is 9.59 Å². The second kappa shape index (κ2) is 8.99. The molecular formula is C23H24N2O2. The molecule has 138 valence electrons. The summed E-state index contributed by atoms with van der Waals surface area (Å²) in [6, 6.07) is 22.5. The van der Waals surface area contributed by atoms with E-state index in [1.54, 1.807) is 35.0 Å². The number of carbonyl (C=O) groups is 2. The molecule has 1 atom stereocenters. The minimum Gasteiger partial charge on any atom is -0.354 e. The zero-order valence-corrected chi connectivity index (χ0v) is 15.5. The molecule has 0 fully saturated rings. The van der Waals surface area contributed by atoms with Crippen LogP contribution in [-0.2, 0) is 11.2 Å². The lowest BCUT2D eigenvalue weighted by molar-refractivity contribution is -0.123. The first-order valence-electron chi connectivity index (χ1n) is 9.25. The lowest BCUT2D eigenvalue weighted by Gasteiger charge is -2.17. The molecular weight excluding hydrogens is 336 g/mol. The number of aromatic nitrogens is 1. The number of rotatable bonds is 8. The number of ketones is 1. The third-order valence-electron chi connectivity index (χ3n) is 4.63. The first kappa shape index (κ1) is 18.6. The van der Waals surface area contributed by atoms with E-state index in [2.05, 4.69) is 17.4 Å². The van der Waals surface area contributed by atoms with Crippen molar-refractivity contribution in [1.82, 2.24) is 9.88 Å². The molecule has 0 saturated heterocycles. The lowest BCUT2D eigenvalue weighted by atomic mass is 10.1. The number of nitrogens with zero attached hydrogens (tertiary/aromatic N) is 1. The highest BCUT2D eigenvalue weighted by Crippen LogP contribution is 2.16. The average molecular weight is 360 g/mol. The SMILES string of the molecule is CC(C(=O)NCCCc1ccccc1)n1cccc1C(=O)c1ccccc1. The summed E-state index contributed by atoms with van der Waals surface area (Å²) in [5.74, 6) is -0.161. The summed E-state index contributed by atoms with van der Waals surface area (Å²) >= 11 is 0. The molecule has 1 N–H and O–H groups in total. The molecule has 1 unspecified atom stereocenters. The summed E-state index contributed by atoms with van der Waals surface area (Å²) < 4.78 is 1.74. The standard InChI is InChI=1S/C23H24N2O2/c1-18(23(27)24-16-8-12-19-10-4-2-5-11-19)25-17-9-15-21(25)22(26)20-13-6-3-7-14-20/h2-7,9-11,13-15,17-18H,8,12,16H2,1H3,(H,24,27). The van der Waals surface area contributed by atoms with Crippen molar-refractivity contribution in [3.8, 4) is 0 Å². The maximum Gasteiger partial charge on any atom is 0.242 e. The molecule has 1 amide bonds. The van der Waals surface area contributed by atoms with Crippen LogP contribution in [0.4, 0.5) is 0 Å². The fourth-order valence-corrected chi connectivity index (χ4v) is 3.08. The van der Waals surface area contributed by atoms with E-state index < -0.39 is 6.04 Å². The number of aryl methyl sites for hydroxylation is 1. The molecule has 1 aromatic heterocycles. The first-order chi connectivity index (χ1) is 13.2. The van der Waals surface area contributed by atoms with Gasteiger partial charge in [-0.15, -0.1) is 0 Å². The third kappa shape index (κ3) is 4.73. The Hall–Kier alpha value is -3.14. The van der Waals surface area contributed by atoms with Crippen molar-refractivity contribution < 1.29 is 9.59 Å². The molecule has 0 bridgehead atoms. The second-order valence-corrected chi connectivity index (χ2v) is 6.55. The molecule has 0 aliphatic rings. The Balaban J connectivity index is 1.57. The largest absolute Gasteiger partial charge is 0.354 e. The molecule has 27 heavy (non-hydrogen) atoms. The number of carbonyl (C=O) groups excluding carboxylic acids is 2. The van der Waals surface area contributed by atoms with Gasteiger partial charge in [0.1, 0.15) is 6.04 Å². The lowest BCUT2D eigenvalue weighted by Crippen LogP contribution is -2.32. The Kier molecular flexibility index (Phi) is 6.21. The number of nitrogens with one attached hydrogen (secondary N) is 1. The smallest absolute Gasteiger partial charge is 0.242 e. The van der Waals surface area contributed by atoms with Gasteiger partial charge in [0.25, 0.3) is 0 Å². The second-order valence-electron chi connectivity index (χ2n) is 6.55. The van der Waals surface area contributed by atoms with E-state index in [0.29, 0.717) is 17.8 Å². The fourth-order valence-electron chi connectivity index (χ4n) is 3.08. The van der Waals surface area contributed by atoms with Gasteiger partial charge >= 0.3 is 0 Å². The van der Waals surface area contributed by atoms with E-state index in [1.165, 1.54) is 5.56 Å². The maximum atomic E-state index is 12.7. The van der Waals surface area contributed by atoms with Crippen molar-refractivity contribution in [2.24, 2.45) is 0 Å². The Morgan fingerprint density at radius 2 is 1.59 bits per heavy atom. The molecule has 4 nitrogen and oxygen atoms in total. The number of benzene rings is 2. The monoisotopic (exact) mass is 360 g/mol. The van der Waals surface area contributed by atoms with Gasteiger partial charge in [-0.25, -0.2) is 0 Å². The molecule has 0 radical (unpaired) electrons. The summed E-state index contributed by atoms with van der Waals surface area (Å²) in [6.45, 7) is 2.43. The van der Waals surface area contributed by atoms with Crippen LogP contribution in [0.5, 0.6) is 0 Å². The van der Waals surface area contributed by atoms with Crippen LogP contribution in [0.1, 0.15) is 41.0 Å². The van der Waals surface area contributed by atoms with Crippen LogP contribution < -0.4 is 5.32 Å². The van der Waals surface area contributed by atoms with Gasteiger partial charge in [-0.1, -0.05) is 60.7 Å². The summed E-state index contributed by atoms with van der Waals surface area (Å²) in [5.41, 5.74) is 2.40. The average Bonchev–Trinajstić information content (AvgIpc) is 3.21. The molecule has 3 aromatic rings. The molecule has 3 rings (SSSR count). The van der Waals surface area contributed by atoms with Crippen LogP contribution in [0.3, 0.4) is 0 Å². The van der Waals surface area contributed by atoms with E-state index >= 15 is 0 Å². The van der Waals surface area contributed by atoms with E-state index in [0.717, 1.165) is 12.8 Å². The minimum atomic E-state index is -0.445. The molecule has 1 heterocycles. The van der Waals surface area contributed by atoms with E-state index in [-0.39, 0.29) is 11.7 Å². The van der Waals surface area contributed by atoms with Gasteiger partial charge in [-0.05, 0) is 37.5 Å². The fraction of sp³-hybridized carbons (Fsp3) is 0.217. The van der Waals surface area contributed by atoms with Crippen molar-refractivity contribution in [2.45, 2.75) is 25.8 Å². The number of hydrogen-bond donors (Lipinski definition) is 1. The van der Waals surface area contributed by atoms with Crippen molar-refractivity contribution in [3.05, 3.63) is 95.8 Å². The van der Waals surface area contributed by atoms with Crippen LogP contribution in [0, 0.1) is 0 Å². The normalized spacial score (nSPS) is 11.7. The topological polar surface area (TPSA) is 51.1 Å². The zero-order valence-electron chi connectivity index (χ0n) is 15.5. The summed E-state index contributed by atoms with van der Waals surface area (Å²) in [4.78, 5) is 25.2. The van der Waals surface area contributed by atoms with Crippen molar-refractivity contribution in [1.29, 1.82) is 0 Å². The van der Waals surface area contributed by atoms with Gasteiger partial charge in [0, 0.05) is 18.3 Å². The van der Waals surface area contributed by atoms with E-state index in [4.69, 9.17) is 0 Å². The van der Waals surface area contributed by atoms with Crippen LogP contribution in [0.25, 0.3) is 0 Å². The molecule has 0 spiro atoms. The van der Waals surface area contributed by atoms with Gasteiger partial charge in [-0.3, -0.25) is 9.59 Å². The molecule has 0 saturated carbocycles. The number of amides is 1. The van der Waals surface area contributed by atoms with Crippen molar-refractivity contribution in [3.63, 3.8) is 0 Å². The predicted molar refractivity (Wildman–Crippen MR) is 107 cm³/mol. The zero-order chi connectivity index (χ0) is 19.1. The summed E-state index contributed by atoms with van der Waals surface area (Å²) in [5, 5.41) is 2.98. The molecule has 0 aliphatic heterocycles. The van der Waals surface area contributed by atoms with Crippen LogP contribution in [0.15, 0.2) is 79.0 Å². The van der Waals surface area contributed by atoms with Crippen LogP contribution in [-0.4, -0.2) is 22.8 Å². The Labute approximate surface area is 159 Å². The van der Waals surface area contributed by atoms with E-state index in [1.807, 2.05) is 43.3 Å². The number of hydrogen-bond acceptors (Lipinski definition) is 2. The molecule has 2 aromatic carbocycles. The predicted octanol–water partition coefficient (Wildman–Crippen LogP) is 4.03. The van der Waals surface area contributed by atoms with Crippen LogP contribution in [0.2, 0.25) is 0 Å². The van der Waals surface area contributed by atoms with Gasteiger partial charge in [0.15, 0.2) is 0 Å². The Bertz CT molecular complexity index is 885. The van der Waals surface area contributed by atoms with Crippen molar-refractivity contribution >= 4 is 11.7 Å². The van der Waals surface area contributed by atoms with Gasteiger partial charge in [0.05, 0.1) is 5.69 Å². The van der Waals surface area contributed by atoms with Crippen molar-refractivity contribution in [2.75, 3.05) is 6.54 Å². The maximum absolute atomic E-state index is 12.7. The van der Waals surface area contributed by atoms with Crippen LogP contribution >= 0.6 is 0 Å². The highest BCUT2D eigenvalue weighted by Gasteiger charge is 2.20. The summed E-state index contributed by atoms with van der Waals surface area (Å²) in [6.07, 6.45) is 3.59. The first-order valence-corrected chi connectivity index (χ1v) is 9.25. The third-order valence-corrected chi connectivity index (χ3v) is 4.63. The molecule has 0 aliphatic carbocycles. The Morgan fingerprint density at radius 1 is 0.926 bits per heavy atom. The highest BCUT2D eigenvalue weighted by molar-refractivity contribution is 6.08. The summed E-state index contributed by atoms with van der Waals surface area (Å²) in [7, 11) is 0. The minimum absolute atomic E-state index is 0.0793. The Morgan fingerprint density at radius 3 is 2.30 bits per heavy atom. The highest BCUT2D eigenvalue weighted by atomic mass is 16.2. The van der Waals surface area contributed by atoms with Gasteiger partial charge in [-0.2, -0.15) is 0 Å².